The molecule has 6 aromatic rings. The number of benzene rings is 6. The van der Waals surface area contributed by atoms with Gasteiger partial charge in [0.25, 0.3) is 0 Å². The molecule has 0 radical (unpaired) electrons. The molecule has 0 bridgehead atoms. The summed E-state index contributed by atoms with van der Waals surface area (Å²) in [6.45, 7) is 60.0. The highest BCUT2D eigenvalue weighted by Crippen LogP contribution is 2.48. The minimum atomic E-state index is 0.0235. The van der Waals surface area contributed by atoms with Crippen LogP contribution in [0.4, 0.5) is 0 Å². The third kappa shape index (κ3) is 30.6. The topological polar surface area (TPSA) is 121 Å². The van der Waals surface area contributed by atoms with Crippen LogP contribution in [0.3, 0.4) is 0 Å². The minimum absolute atomic E-state index is 0.0235. The van der Waals surface area contributed by atoms with Crippen molar-refractivity contribution < 1.29 is 30.6 Å². The van der Waals surface area contributed by atoms with Crippen LogP contribution >= 0.6 is 70.6 Å². The second-order valence-electron chi connectivity index (χ2n) is 40.4. The van der Waals surface area contributed by atoms with Crippen LogP contribution in [0.1, 0.15) is 353 Å². The molecule has 0 spiro atoms. The van der Waals surface area contributed by atoms with Crippen LogP contribution < -0.4 is 0 Å². The fourth-order valence-electron chi connectivity index (χ4n) is 16.1. The van der Waals surface area contributed by atoms with Gasteiger partial charge in [-0.25, -0.2) is 0 Å². The number of thioether (sulfide) groups is 6. The third-order valence-corrected chi connectivity index (χ3v) is 33.5. The van der Waals surface area contributed by atoms with Crippen LogP contribution in [0.5, 0.6) is 34.5 Å². The Morgan fingerprint density at radius 1 is 0.254 bits per heavy atom. The predicted molar refractivity (Wildman–Crippen MR) is 529 cm³/mol. The summed E-state index contributed by atoms with van der Waals surface area (Å²) in [7, 11) is 0. The van der Waals surface area contributed by atoms with E-state index in [4.69, 9.17) is 0 Å². The largest absolute Gasteiger partial charge is 0.507 e. The van der Waals surface area contributed by atoms with E-state index < -0.39 is 0 Å². The van der Waals surface area contributed by atoms with Crippen molar-refractivity contribution in [3.05, 3.63) is 224 Å². The van der Waals surface area contributed by atoms with Crippen LogP contribution in [0.2, 0.25) is 0 Å². The van der Waals surface area contributed by atoms with Crippen molar-refractivity contribution in [1.29, 1.82) is 0 Å². The van der Waals surface area contributed by atoms with Gasteiger partial charge in [-0.2, -0.15) is 70.6 Å². The molecule has 3 aliphatic carbocycles. The average molecular weight is 1720 g/mol. The molecule has 3 fully saturated rings. The first kappa shape index (κ1) is 100. The van der Waals surface area contributed by atoms with Crippen LogP contribution in [0.15, 0.2) is 123 Å². The van der Waals surface area contributed by atoms with Gasteiger partial charge in [-0.1, -0.05) is 299 Å². The molecular weight excluding hydrogens is 1560 g/mol. The maximum atomic E-state index is 11.3. The summed E-state index contributed by atoms with van der Waals surface area (Å²) in [6, 6.07) is 26.3. The Hall–Kier alpha value is -4.82. The van der Waals surface area contributed by atoms with Gasteiger partial charge in [0, 0.05) is 99.4 Å². The molecule has 3 saturated carbocycles. The minimum Gasteiger partial charge on any atom is -0.507 e. The predicted octanol–water partition coefficient (Wildman–Crippen LogP) is 31.2. The second-order valence-corrected chi connectivity index (χ2v) is 47.8. The Morgan fingerprint density at radius 3 is 0.627 bits per heavy atom. The van der Waals surface area contributed by atoms with Gasteiger partial charge in [-0.05, 0) is 190 Å². The fourth-order valence-corrected chi connectivity index (χ4v) is 25.3. The lowest BCUT2D eigenvalue weighted by atomic mass is 9.84. The molecule has 0 unspecified atom stereocenters. The summed E-state index contributed by atoms with van der Waals surface area (Å²) < 4.78 is 0. The fraction of sp³-hybridized carbons (Fsp3) is 0.585. The van der Waals surface area contributed by atoms with E-state index in [1.54, 1.807) is 0 Å². The molecule has 6 aromatic carbocycles. The monoisotopic (exact) mass is 1720 g/mol. The van der Waals surface area contributed by atoms with Crippen molar-refractivity contribution in [3.8, 4) is 34.5 Å². The number of allylic oxidation sites excluding steroid dienone is 4. The summed E-state index contributed by atoms with van der Waals surface area (Å²) >= 11 is 12.2. The SMILES string of the molecule is C=CCCc1cc(C(C)(C)C)cc(CS[C@H]2CCCCCC[C@@H]2SCc2cc(C(C)(C)C)cc(CCC=C)c2O)c1O.C=CCc1cc(C(C)(C)C)cc(CS[C@H]2CCCCCC[C@@H]2SCc2cc(C(C)(C)C)cc(CC=C)c2O)c1O.Cc1cc(C(C)(C)C)cc(CS[C@H]2CCCCCC[C@@H]2SCc2cc(C(C)(C)C)cc(C)c2O)c1O. The molecule has 118 heavy (non-hydrogen) atoms. The molecule has 12 heteroatoms. The number of aromatic hydroxyl groups is 6. The quantitative estimate of drug-likeness (QED) is 0.0262. The van der Waals surface area contributed by atoms with E-state index in [9.17, 15) is 30.6 Å². The maximum absolute atomic E-state index is 11.3. The number of hydrogen-bond acceptors (Lipinski definition) is 12. The number of phenolic OH excluding ortho intramolecular Hbond substituents is 6. The van der Waals surface area contributed by atoms with Gasteiger partial charge >= 0.3 is 0 Å². The van der Waals surface area contributed by atoms with Crippen LogP contribution in [0, 0.1) is 13.8 Å². The van der Waals surface area contributed by atoms with E-state index in [1.165, 1.54) is 149 Å². The molecule has 3 aliphatic rings. The lowest BCUT2D eigenvalue weighted by Crippen LogP contribution is -2.22. The van der Waals surface area contributed by atoms with E-state index in [2.05, 4.69) is 224 Å². The summed E-state index contributed by atoms with van der Waals surface area (Å²) in [5, 5.41) is 69.7. The van der Waals surface area contributed by atoms with Gasteiger partial charge in [0.2, 0.25) is 0 Å². The average Bonchev–Trinajstić information content (AvgIpc) is 0.821. The van der Waals surface area contributed by atoms with Gasteiger partial charge in [0.15, 0.2) is 0 Å². The number of rotatable bonds is 28. The number of aryl methyl sites for hydroxylation is 4. The molecule has 0 heterocycles. The first-order valence-corrected chi connectivity index (χ1v) is 51.0. The third-order valence-electron chi connectivity index (χ3n) is 24.1. The van der Waals surface area contributed by atoms with Crippen LogP contribution in [-0.2, 0) is 92.7 Å². The first-order chi connectivity index (χ1) is 55.5. The molecule has 0 saturated heterocycles. The number of phenols is 6. The molecule has 652 valence electrons. The highest BCUT2D eigenvalue weighted by atomic mass is 32.2. The van der Waals surface area contributed by atoms with E-state index in [0.29, 0.717) is 78.8 Å². The van der Waals surface area contributed by atoms with Gasteiger partial charge < -0.3 is 30.6 Å². The lowest BCUT2D eigenvalue weighted by molar-refractivity contribution is 0.461. The smallest absolute Gasteiger partial charge is 0.123 e. The molecule has 6 atom stereocenters. The van der Waals surface area contributed by atoms with Crippen molar-refractivity contribution in [2.75, 3.05) is 0 Å². The van der Waals surface area contributed by atoms with E-state index in [1.807, 2.05) is 109 Å². The Kier molecular flexibility index (Phi) is 39.3. The van der Waals surface area contributed by atoms with Gasteiger partial charge in [0.1, 0.15) is 34.5 Å². The Balaban J connectivity index is 0.000000245. The standard InChI is InChI=1S/C38H56O2S2.C36H52O2S2.C32H48O2S2/c1-9-11-17-27-21-31(37(3,4)5)23-29(35(27)39)25-41-33-19-15-13-14-16-20-34(33)42-26-30-24-32(38(6,7)8)22-28(36(30)40)18-12-10-2;1-9-15-25-19-29(35(3,4)5)21-27(33(25)37)23-39-31-17-13-11-12-14-18-32(31)40-24-28-22-30(36(6,7)8)20-26(16-10-2)34(28)38;1-21-15-25(31(3,4)5)17-23(29(21)33)19-35-27-13-11-9-10-12-14-28(27)36-20-24-18-26(32(6,7)8)16-22(2)30(24)34/h9-10,21-24,33-34,39-40H,1-2,11-20,25-26H2,3-8H3;9-10,19-22,31-32,37-38H,1-2,11-18,23-24H2,3-8H3;15-18,27-28,33-34H,9-14,19-20H2,1-8H3/t33-,34-;31-,32-;27-,28-/m000/s1. The summed E-state index contributed by atoms with van der Waals surface area (Å²) in [5.74, 6) is 7.74. The zero-order valence-electron chi connectivity index (χ0n) is 76.9. The Morgan fingerprint density at radius 2 is 0.432 bits per heavy atom. The van der Waals surface area contributed by atoms with E-state index >= 15 is 0 Å². The second kappa shape index (κ2) is 46.2. The van der Waals surface area contributed by atoms with E-state index in [0.717, 1.165) is 127 Å². The molecule has 0 aromatic heterocycles. The normalized spacial score (nSPS) is 18.8. The molecule has 6 nitrogen and oxygen atoms in total. The summed E-state index contributed by atoms with van der Waals surface area (Å²) in [4.78, 5) is 0. The first-order valence-electron chi connectivity index (χ1n) is 44.7. The number of hydrogen-bond donors (Lipinski definition) is 6. The van der Waals surface area contributed by atoms with Gasteiger partial charge in [-0.15, -0.1) is 26.3 Å². The van der Waals surface area contributed by atoms with Gasteiger partial charge in [-0.3, -0.25) is 0 Å². The van der Waals surface area contributed by atoms with Crippen molar-refractivity contribution in [2.45, 2.75) is 391 Å². The zero-order chi connectivity index (χ0) is 87.1. The summed E-state index contributed by atoms with van der Waals surface area (Å²) in [6.07, 6.45) is 35.2. The van der Waals surface area contributed by atoms with Crippen molar-refractivity contribution >= 4 is 70.6 Å². The van der Waals surface area contributed by atoms with Crippen molar-refractivity contribution in [2.24, 2.45) is 0 Å². The molecule has 0 aliphatic heterocycles. The Labute approximate surface area is 744 Å². The summed E-state index contributed by atoms with van der Waals surface area (Å²) in [5.41, 5.74) is 20.3. The highest BCUT2D eigenvalue weighted by molar-refractivity contribution is 8.04. The molecule has 6 N–H and O–H groups in total. The maximum Gasteiger partial charge on any atom is 0.123 e. The molecule has 9 rings (SSSR count). The van der Waals surface area contributed by atoms with Crippen LogP contribution in [-0.4, -0.2) is 62.1 Å². The molecular formula is C106H156O6S6. The zero-order valence-corrected chi connectivity index (χ0v) is 81.8. The van der Waals surface area contributed by atoms with E-state index in [-0.39, 0.29) is 32.5 Å². The Bertz CT molecular complexity index is 3950. The lowest BCUT2D eigenvalue weighted by Gasteiger charge is -2.30. The van der Waals surface area contributed by atoms with Crippen LogP contribution in [0.25, 0.3) is 0 Å². The van der Waals surface area contributed by atoms with Crippen molar-refractivity contribution in [1.82, 2.24) is 0 Å². The highest BCUT2D eigenvalue weighted by Gasteiger charge is 2.32. The van der Waals surface area contributed by atoms with Gasteiger partial charge in [0.05, 0.1) is 0 Å². The molecule has 0 amide bonds. The van der Waals surface area contributed by atoms with Crippen molar-refractivity contribution in [3.63, 3.8) is 0 Å².